The van der Waals surface area contributed by atoms with E-state index in [0.29, 0.717) is 42.2 Å². The number of ether oxygens (including phenoxy) is 2. The molecule has 3 aromatic rings. The van der Waals surface area contributed by atoms with Crippen LogP contribution >= 0.6 is 11.8 Å². The molecule has 9 nitrogen and oxygen atoms in total. The molecule has 0 unspecified atom stereocenters. The van der Waals surface area contributed by atoms with E-state index in [1.54, 1.807) is 14.0 Å². The summed E-state index contributed by atoms with van der Waals surface area (Å²) < 4.78 is 11.2. The quantitative estimate of drug-likeness (QED) is 0.496. The number of H-pyrrole nitrogens is 1. The number of morpholine rings is 1. The van der Waals surface area contributed by atoms with Crippen LogP contribution < -0.4 is 15.0 Å². The summed E-state index contributed by atoms with van der Waals surface area (Å²) >= 11 is 1.45. The van der Waals surface area contributed by atoms with Gasteiger partial charge < -0.3 is 19.7 Å². The van der Waals surface area contributed by atoms with Gasteiger partial charge in [0.2, 0.25) is 5.75 Å². The van der Waals surface area contributed by atoms with Crippen LogP contribution in [0.4, 0.5) is 17.5 Å². The number of aromatic amines is 1. The van der Waals surface area contributed by atoms with Gasteiger partial charge in [-0.3, -0.25) is 9.89 Å². The smallest absolute Gasteiger partial charge is 0.204 e. The standard InChI is InChI=1S/C22H26N6O3S/c1-14-12-18(27-26-14)23-20-19(30-3)21(28-8-10-31-11-9-28)25-22(24-20)32-17-6-4-16(5-7-17)13-15(2)29/h4-7,12H,8-11,13H2,1-3H3,(H2,23,24,25,26,27). The molecular weight excluding hydrogens is 428 g/mol. The van der Waals surface area contributed by atoms with E-state index in [-0.39, 0.29) is 5.78 Å². The van der Waals surface area contributed by atoms with E-state index in [1.165, 1.54) is 11.8 Å². The van der Waals surface area contributed by atoms with Crippen LogP contribution in [0.25, 0.3) is 0 Å². The van der Waals surface area contributed by atoms with E-state index in [0.717, 1.165) is 35.1 Å². The highest BCUT2D eigenvalue weighted by atomic mass is 32.2. The number of aryl methyl sites for hydroxylation is 1. The summed E-state index contributed by atoms with van der Waals surface area (Å²) in [4.78, 5) is 24.0. The molecule has 1 aliphatic heterocycles. The van der Waals surface area contributed by atoms with Gasteiger partial charge in [-0.1, -0.05) is 12.1 Å². The highest BCUT2D eigenvalue weighted by molar-refractivity contribution is 7.99. The molecule has 0 spiro atoms. The molecule has 0 radical (unpaired) electrons. The van der Waals surface area contributed by atoms with Crippen molar-refractivity contribution in [2.75, 3.05) is 43.6 Å². The Morgan fingerprint density at radius 3 is 2.62 bits per heavy atom. The van der Waals surface area contributed by atoms with Crippen molar-refractivity contribution in [3.05, 3.63) is 41.6 Å². The average molecular weight is 455 g/mol. The lowest BCUT2D eigenvalue weighted by atomic mass is 10.1. The van der Waals surface area contributed by atoms with Crippen molar-refractivity contribution in [2.45, 2.75) is 30.3 Å². The lowest BCUT2D eigenvalue weighted by Gasteiger charge is -2.29. The fourth-order valence-electron chi connectivity index (χ4n) is 3.40. The molecule has 1 saturated heterocycles. The van der Waals surface area contributed by atoms with Gasteiger partial charge in [0.25, 0.3) is 0 Å². The van der Waals surface area contributed by atoms with Gasteiger partial charge in [0, 0.05) is 36.2 Å². The summed E-state index contributed by atoms with van der Waals surface area (Å²) in [6.45, 7) is 6.24. The number of nitrogens with one attached hydrogen (secondary N) is 2. The number of hydrogen-bond donors (Lipinski definition) is 2. The van der Waals surface area contributed by atoms with Gasteiger partial charge in [0.1, 0.15) is 5.78 Å². The molecular formula is C22H26N6O3S. The number of Topliss-reactive ketones (excluding diaryl/α,β-unsaturated/α-hetero) is 1. The fraction of sp³-hybridized carbons (Fsp3) is 0.364. The minimum absolute atomic E-state index is 0.142. The predicted molar refractivity (Wildman–Crippen MR) is 123 cm³/mol. The fourth-order valence-corrected chi connectivity index (χ4v) is 4.15. The molecule has 0 saturated carbocycles. The molecule has 0 atom stereocenters. The number of nitrogens with zero attached hydrogens (tertiary/aromatic N) is 4. The van der Waals surface area contributed by atoms with Crippen molar-refractivity contribution in [3.63, 3.8) is 0 Å². The molecule has 0 amide bonds. The first-order chi connectivity index (χ1) is 15.5. The highest BCUT2D eigenvalue weighted by Crippen LogP contribution is 2.38. The molecule has 0 bridgehead atoms. The zero-order chi connectivity index (χ0) is 22.5. The monoisotopic (exact) mass is 454 g/mol. The van der Waals surface area contributed by atoms with Crippen molar-refractivity contribution < 1.29 is 14.3 Å². The van der Waals surface area contributed by atoms with Crippen LogP contribution in [0, 0.1) is 6.92 Å². The van der Waals surface area contributed by atoms with Crippen molar-refractivity contribution in [1.82, 2.24) is 20.2 Å². The number of carbonyl (C=O) groups is 1. The van der Waals surface area contributed by atoms with Gasteiger partial charge in [0.15, 0.2) is 22.6 Å². The third-order valence-electron chi connectivity index (χ3n) is 4.88. The van der Waals surface area contributed by atoms with E-state index in [9.17, 15) is 4.79 Å². The topological polar surface area (TPSA) is 105 Å². The molecule has 1 aromatic carbocycles. The van der Waals surface area contributed by atoms with Crippen LogP contribution in [0.1, 0.15) is 18.2 Å². The minimum Gasteiger partial charge on any atom is -0.490 e. The van der Waals surface area contributed by atoms with Gasteiger partial charge in [-0.2, -0.15) is 5.10 Å². The number of carbonyl (C=O) groups excluding carboxylic acids is 1. The highest BCUT2D eigenvalue weighted by Gasteiger charge is 2.23. The van der Waals surface area contributed by atoms with Gasteiger partial charge in [0.05, 0.1) is 20.3 Å². The molecule has 2 N–H and O–H groups in total. The number of hydrogen-bond acceptors (Lipinski definition) is 9. The Morgan fingerprint density at radius 2 is 2.00 bits per heavy atom. The van der Waals surface area contributed by atoms with E-state index < -0.39 is 0 Å². The average Bonchev–Trinajstić information content (AvgIpc) is 3.19. The van der Waals surface area contributed by atoms with Crippen LogP contribution in [0.2, 0.25) is 0 Å². The second kappa shape index (κ2) is 10.0. The summed E-state index contributed by atoms with van der Waals surface area (Å²) in [6, 6.07) is 9.78. The maximum Gasteiger partial charge on any atom is 0.204 e. The molecule has 0 aliphatic carbocycles. The Balaban J connectivity index is 1.67. The van der Waals surface area contributed by atoms with Crippen LogP contribution in [0.15, 0.2) is 40.4 Å². The van der Waals surface area contributed by atoms with E-state index in [2.05, 4.69) is 20.4 Å². The van der Waals surface area contributed by atoms with Crippen molar-refractivity contribution in [2.24, 2.45) is 0 Å². The molecule has 168 valence electrons. The lowest BCUT2D eigenvalue weighted by molar-refractivity contribution is -0.116. The summed E-state index contributed by atoms with van der Waals surface area (Å²) in [5.74, 6) is 2.62. The van der Waals surface area contributed by atoms with Gasteiger partial charge in [-0.05, 0) is 43.3 Å². The third kappa shape index (κ3) is 5.38. The summed E-state index contributed by atoms with van der Waals surface area (Å²) in [5.41, 5.74) is 1.93. The molecule has 10 heteroatoms. The minimum atomic E-state index is 0.142. The summed E-state index contributed by atoms with van der Waals surface area (Å²) in [6.07, 6.45) is 0.433. The number of methoxy groups -OCH3 is 1. The number of aromatic nitrogens is 4. The molecule has 32 heavy (non-hydrogen) atoms. The Morgan fingerprint density at radius 1 is 1.25 bits per heavy atom. The van der Waals surface area contributed by atoms with Crippen molar-refractivity contribution in [3.8, 4) is 5.75 Å². The summed E-state index contributed by atoms with van der Waals surface area (Å²) in [5, 5.41) is 11.0. The van der Waals surface area contributed by atoms with Crippen LogP contribution in [0.3, 0.4) is 0 Å². The maximum atomic E-state index is 11.4. The Kier molecular flexibility index (Phi) is 6.91. The number of benzene rings is 1. The van der Waals surface area contributed by atoms with Gasteiger partial charge in [-0.25, -0.2) is 9.97 Å². The van der Waals surface area contributed by atoms with Crippen molar-refractivity contribution in [1.29, 1.82) is 0 Å². The zero-order valence-corrected chi connectivity index (χ0v) is 19.2. The second-order valence-electron chi connectivity index (χ2n) is 7.50. The third-order valence-corrected chi connectivity index (χ3v) is 5.75. The Hall–Kier alpha value is -3.11. The SMILES string of the molecule is COc1c(Nc2cc(C)[nH]n2)nc(Sc2ccc(CC(C)=O)cc2)nc1N1CCOCC1. The number of anilines is 3. The predicted octanol–water partition coefficient (Wildman–Crippen LogP) is 3.38. The van der Waals surface area contributed by atoms with Crippen LogP contribution in [-0.2, 0) is 16.0 Å². The molecule has 2 aromatic heterocycles. The Bertz CT molecular complexity index is 1080. The molecule has 4 rings (SSSR count). The van der Waals surface area contributed by atoms with Crippen molar-refractivity contribution >= 4 is 35.0 Å². The first-order valence-corrected chi connectivity index (χ1v) is 11.2. The van der Waals surface area contributed by atoms with Gasteiger partial charge >= 0.3 is 0 Å². The normalized spacial score (nSPS) is 13.8. The molecule has 3 heterocycles. The number of ketones is 1. The second-order valence-corrected chi connectivity index (χ2v) is 8.54. The summed E-state index contributed by atoms with van der Waals surface area (Å²) in [7, 11) is 1.62. The Labute approximate surface area is 190 Å². The van der Waals surface area contributed by atoms with E-state index in [4.69, 9.17) is 19.4 Å². The van der Waals surface area contributed by atoms with Crippen LogP contribution in [0.5, 0.6) is 5.75 Å². The van der Waals surface area contributed by atoms with Crippen LogP contribution in [-0.4, -0.2) is 59.4 Å². The zero-order valence-electron chi connectivity index (χ0n) is 18.3. The maximum absolute atomic E-state index is 11.4. The first-order valence-electron chi connectivity index (χ1n) is 10.4. The molecule has 1 aliphatic rings. The van der Waals surface area contributed by atoms with E-state index >= 15 is 0 Å². The largest absolute Gasteiger partial charge is 0.490 e. The van der Waals surface area contributed by atoms with Gasteiger partial charge in [-0.15, -0.1) is 0 Å². The first kappa shape index (κ1) is 22.1. The van der Waals surface area contributed by atoms with E-state index in [1.807, 2.05) is 37.3 Å². The lowest BCUT2D eigenvalue weighted by Crippen LogP contribution is -2.37. The molecule has 1 fully saturated rings. The number of rotatable bonds is 8.